The van der Waals surface area contributed by atoms with Crippen LogP contribution >= 0.6 is 26.6 Å². The Morgan fingerprint density at radius 3 is 2.58 bits per heavy atom. The normalized spacial score (nSPS) is 11.6. The average Bonchev–Trinajstić information content (AvgIpc) is 1.83. The fourth-order valence-electron chi connectivity index (χ4n) is 0.783. The van der Waals surface area contributed by atoms with Crippen LogP contribution in [0.5, 0.6) is 0 Å². The predicted molar refractivity (Wildman–Crippen MR) is 49.7 cm³/mol. The smallest absolute Gasteiger partial charge is 0.242 e. The highest BCUT2D eigenvalue weighted by molar-refractivity contribution is 9.10. The van der Waals surface area contributed by atoms with Crippen molar-refractivity contribution in [3.63, 3.8) is 0 Å². The van der Waals surface area contributed by atoms with Gasteiger partial charge in [0.25, 0.3) is 9.05 Å². The molecule has 0 aliphatic rings. The van der Waals surface area contributed by atoms with Crippen molar-refractivity contribution in [2.75, 3.05) is 0 Å². The van der Waals surface area contributed by atoms with Gasteiger partial charge in [0.2, 0.25) is 0 Å². The van der Waals surface area contributed by atoms with Gasteiger partial charge in [0.15, 0.2) is 5.03 Å². The summed E-state index contributed by atoms with van der Waals surface area (Å²) in [5.74, 6) is 0. The van der Waals surface area contributed by atoms with Crippen molar-refractivity contribution in [2.24, 2.45) is 0 Å². The van der Waals surface area contributed by atoms with E-state index >= 15 is 0 Å². The molecule has 1 heterocycles. The van der Waals surface area contributed by atoms with E-state index in [1.807, 2.05) is 0 Å². The van der Waals surface area contributed by atoms with Gasteiger partial charge in [-0.3, -0.25) is 0 Å². The molecular formula is C6H5BrClNO2S. The number of halogens is 2. The van der Waals surface area contributed by atoms with Gasteiger partial charge in [-0.05, 0) is 34.5 Å². The zero-order chi connectivity index (χ0) is 9.35. The minimum Gasteiger partial charge on any atom is -0.242 e. The van der Waals surface area contributed by atoms with Gasteiger partial charge in [-0.1, -0.05) is 0 Å². The van der Waals surface area contributed by atoms with E-state index in [-0.39, 0.29) is 5.03 Å². The van der Waals surface area contributed by atoms with Crippen LogP contribution < -0.4 is 0 Å². The maximum atomic E-state index is 10.9. The Morgan fingerprint density at radius 2 is 2.17 bits per heavy atom. The third-order valence-electron chi connectivity index (χ3n) is 1.23. The summed E-state index contributed by atoms with van der Waals surface area (Å²) in [6.07, 6.45) is 1.39. The van der Waals surface area contributed by atoms with E-state index < -0.39 is 9.05 Å². The van der Waals surface area contributed by atoms with E-state index in [9.17, 15) is 8.42 Å². The Hall–Kier alpha value is -0.130. The fourth-order valence-corrected chi connectivity index (χ4v) is 2.34. The molecular weight excluding hydrogens is 265 g/mol. The zero-order valence-electron chi connectivity index (χ0n) is 6.08. The Morgan fingerprint density at radius 1 is 1.58 bits per heavy atom. The van der Waals surface area contributed by atoms with Crippen LogP contribution in [0.1, 0.15) is 5.56 Å². The highest BCUT2D eigenvalue weighted by atomic mass is 79.9. The molecule has 6 heteroatoms. The van der Waals surface area contributed by atoms with Crippen LogP contribution in [0.25, 0.3) is 0 Å². The SMILES string of the molecule is Cc1cc(Br)cnc1S(=O)(=O)Cl. The molecule has 0 saturated carbocycles. The quantitative estimate of drug-likeness (QED) is 0.734. The summed E-state index contributed by atoms with van der Waals surface area (Å²) in [7, 11) is 1.40. The van der Waals surface area contributed by atoms with Crippen LogP contribution in [0, 0.1) is 6.92 Å². The minimum atomic E-state index is -3.71. The molecule has 0 aromatic carbocycles. The first-order valence-electron chi connectivity index (χ1n) is 2.98. The second-order valence-electron chi connectivity index (χ2n) is 2.21. The standard InChI is InChI=1S/C6H5BrClNO2S/c1-4-2-5(7)3-9-6(4)12(8,10)11/h2-3H,1H3. The molecule has 0 atom stereocenters. The maximum Gasteiger partial charge on any atom is 0.278 e. The largest absolute Gasteiger partial charge is 0.278 e. The third-order valence-corrected chi connectivity index (χ3v) is 2.99. The third kappa shape index (κ3) is 2.18. The van der Waals surface area contributed by atoms with Gasteiger partial charge in [-0.2, -0.15) is 0 Å². The number of hydrogen-bond acceptors (Lipinski definition) is 3. The summed E-state index contributed by atoms with van der Waals surface area (Å²) < 4.78 is 22.4. The Bertz CT molecular complexity index is 404. The van der Waals surface area contributed by atoms with E-state index in [0.29, 0.717) is 5.56 Å². The lowest BCUT2D eigenvalue weighted by Crippen LogP contribution is -1.97. The number of rotatable bonds is 1. The molecule has 12 heavy (non-hydrogen) atoms. The number of aromatic nitrogens is 1. The highest BCUT2D eigenvalue weighted by Gasteiger charge is 2.14. The van der Waals surface area contributed by atoms with Gasteiger partial charge in [0.1, 0.15) is 0 Å². The Labute approximate surface area is 83.3 Å². The summed E-state index contributed by atoms with van der Waals surface area (Å²) in [5.41, 5.74) is 0.527. The maximum absolute atomic E-state index is 10.9. The summed E-state index contributed by atoms with van der Waals surface area (Å²) in [5, 5.41) is -0.0904. The minimum absolute atomic E-state index is 0.0904. The molecule has 0 fully saturated rings. The molecule has 3 nitrogen and oxygen atoms in total. The molecule has 0 amide bonds. The van der Waals surface area contributed by atoms with Crippen molar-refractivity contribution >= 4 is 35.7 Å². The molecule has 66 valence electrons. The highest BCUT2D eigenvalue weighted by Crippen LogP contribution is 2.19. The molecule has 1 aromatic heterocycles. The van der Waals surface area contributed by atoms with Crippen LogP contribution in [0.4, 0.5) is 0 Å². The number of aryl methyl sites for hydroxylation is 1. The van der Waals surface area contributed by atoms with E-state index in [2.05, 4.69) is 20.9 Å². The molecule has 1 aromatic rings. The summed E-state index contributed by atoms with van der Waals surface area (Å²) >= 11 is 3.16. The van der Waals surface area contributed by atoms with E-state index in [4.69, 9.17) is 10.7 Å². The van der Waals surface area contributed by atoms with Crippen LogP contribution in [0.2, 0.25) is 0 Å². The van der Waals surface area contributed by atoms with Crippen molar-refractivity contribution in [1.82, 2.24) is 4.98 Å². The first-order valence-corrected chi connectivity index (χ1v) is 6.08. The van der Waals surface area contributed by atoms with Gasteiger partial charge in [0.05, 0.1) is 0 Å². The van der Waals surface area contributed by atoms with Gasteiger partial charge >= 0.3 is 0 Å². The van der Waals surface area contributed by atoms with Gasteiger partial charge in [0, 0.05) is 21.4 Å². The van der Waals surface area contributed by atoms with Crippen LogP contribution in [0.15, 0.2) is 21.8 Å². The van der Waals surface area contributed by atoms with E-state index in [0.717, 1.165) is 4.47 Å². The lowest BCUT2D eigenvalue weighted by molar-refractivity contribution is 0.605. The van der Waals surface area contributed by atoms with Crippen LogP contribution in [0.3, 0.4) is 0 Å². The second-order valence-corrected chi connectivity index (χ2v) is 5.61. The van der Waals surface area contributed by atoms with Crippen molar-refractivity contribution in [1.29, 1.82) is 0 Å². The summed E-state index contributed by atoms with van der Waals surface area (Å²) in [6.45, 7) is 1.63. The monoisotopic (exact) mass is 269 g/mol. The summed E-state index contributed by atoms with van der Waals surface area (Å²) in [4.78, 5) is 3.68. The van der Waals surface area contributed by atoms with Gasteiger partial charge in [-0.25, -0.2) is 13.4 Å². The Kier molecular flexibility index (Phi) is 2.75. The van der Waals surface area contributed by atoms with Crippen LogP contribution in [-0.2, 0) is 9.05 Å². The fraction of sp³-hybridized carbons (Fsp3) is 0.167. The molecule has 1 rings (SSSR count). The first kappa shape index (κ1) is 9.95. The first-order chi connectivity index (χ1) is 5.41. The lowest BCUT2D eigenvalue weighted by Gasteiger charge is -1.99. The molecule has 0 spiro atoms. The lowest BCUT2D eigenvalue weighted by atomic mass is 10.3. The molecule has 0 unspecified atom stereocenters. The number of pyridine rings is 1. The van der Waals surface area contributed by atoms with E-state index in [1.165, 1.54) is 6.20 Å². The van der Waals surface area contributed by atoms with Crippen LogP contribution in [-0.4, -0.2) is 13.4 Å². The van der Waals surface area contributed by atoms with Gasteiger partial charge in [-0.15, -0.1) is 0 Å². The molecule has 0 N–H and O–H groups in total. The number of hydrogen-bond donors (Lipinski definition) is 0. The van der Waals surface area contributed by atoms with Crippen molar-refractivity contribution in [3.8, 4) is 0 Å². The summed E-state index contributed by atoms with van der Waals surface area (Å²) in [6, 6.07) is 1.64. The van der Waals surface area contributed by atoms with Crippen molar-refractivity contribution in [2.45, 2.75) is 11.9 Å². The van der Waals surface area contributed by atoms with Crippen molar-refractivity contribution < 1.29 is 8.42 Å². The topological polar surface area (TPSA) is 47.0 Å². The Balaban J connectivity index is 3.39. The molecule has 0 aliphatic heterocycles. The number of nitrogens with zero attached hydrogens (tertiary/aromatic N) is 1. The molecule has 0 bridgehead atoms. The molecule has 0 aliphatic carbocycles. The predicted octanol–water partition coefficient (Wildman–Crippen LogP) is 2.08. The van der Waals surface area contributed by atoms with E-state index in [1.54, 1.807) is 13.0 Å². The molecule has 0 radical (unpaired) electrons. The second kappa shape index (κ2) is 3.32. The molecule has 0 saturated heterocycles. The average molecular weight is 271 g/mol. The van der Waals surface area contributed by atoms with Crippen molar-refractivity contribution in [3.05, 3.63) is 22.3 Å². The zero-order valence-corrected chi connectivity index (χ0v) is 9.24. The van der Waals surface area contributed by atoms with Gasteiger partial charge < -0.3 is 0 Å².